The minimum atomic E-state index is -0.671. The van der Waals surface area contributed by atoms with Crippen molar-refractivity contribution in [2.75, 3.05) is 26.4 Å². The Kier molecular flexibility index (Phi) is 21.0. The highest BCUT2D eigenvalue weighted by atomic mass is 16.6. The highest BCUT2D eigenvalue weighted by molar-refractivity contribution is 5.82. The zero-order chi connectivity index (χ0) is 43.9. The summed E-state index contributed by atoms with van der Waals surface area (Å²) < 4.78 is 41.5. The van der Waals surface area contributed by atoms with Crippen LogP contribution < -0.4 is 4.74 Å². The first-order chi connectivity index (χ1) is 28.7. The highest BCUT2D eigenvalue weighted by Crippen LogP contribution is 2.32. The molecule has 0 spiro atoms. The van der Waals surface area contributed by atoms with Crippen molar-refractivity contribution in [2.45, 2.75) is 103 Å². The second kappa shape index (κ2) is 26.1. The van der Waals surface area contributed by atoms with Gasteiger partial charge in [0, 0.05) is 31.4 Å². The average molecular weight is 839 g/mol. The summed E-state index contributed by atoms with van der Waals surface area (Å²) in [6.07, 6.45) is 8.40. The Labute approximate surface area is 349 Å². The maximum absolute atomic E-state index is 12.9. The summed E-state index contributed by atoms with van der Waals surface area (Å²) in [5, 5.41) is 0. The Morgan fingerprint density at radius 1 is 0.650 bits per heavy atom. The molecule has 0 aliphatic heterocycles. The van der Waals surface area contributed by atoms with E-state index in [1.807, 2.05) is 12.2 Å². The molecule has 3 rings (SSSR count). The van der Waals surface area contributed by atoms with Gasteiger partial charge in [-0.25, -0.2) is 9.59 Å². The Hall–Kier alpha value is -6.06. The molecule has 1 aromatic carbocycles. The van der Waals surface area contributed by atoms with Crippen LogP contribution in [-0.2, 0) is 77.9 Å². The fraction of sp³-hybridized carbons (Fsp3) is 0.500. The summed E-state index contributed by atoms with van der Waals surface area (Å²) in [6, 6.07) is 6.84. The van der Waals surface area contributed by atoms with E-state index in [2.05, 4.69) is 13.2 Å². The molecule has 16 heteroatoms. The number of esters is 8. The van der Waals surface area contributed by atoms with Crippen LogP contribution in [0.4, 0.5) is 0 Å². The zero-order valence-electron chi connectivity index (χ0n) is 34.1. The highest BCUT2D eigenvalue weighted by Gasteiger charge is 2.33. The fourth-order valence-electron chi connectivity index (χ4n) is 5.92. The molecule has 326 valence electrons. The maximum Gasteiger partial charge on any atom is 0.330 e. The number of carbonyl (C=O) groups is 8. The van der Waals surface area contributed by atoms with E-state index >= 15 is 0 Å². The molecule has 0 aromatic heterocycles. The standard InChI is InChI=1S/C44H54O16/c1-5-37(45)55-27-29(3)57-41(49)21-19-39(47)53-25-23-31-7-15-35(16-8-31)59-43(51)33-11-13-34(14-12-33)44(52)60-36-17-9-32(10-18-36)24-26-54-40(48)20-22-42(50)58-30(4)28-56-38(46)6-2/h5-10,15-17,29-30,33-34,36H,1-2,11-14,18-28H2,3-4H3. The summed E-state index contributed by atoms with van der Waals surface area (Å²) in [4.78, 5) is 95.9. The minimum Gasteiger partial charge on any atom is -0.465 e. The van der Waals surface area contributed by atoms with Gasteiger partial charge in [-0.2, -0.15) is 0 Å². The molecule has 0 radical (unpaired) electrons. The molecule has 1 fully saturated rings. The molecule has 0 amide bonds. The van der Waals surface area contributed by atoms with Crippen LogP contribution in [0, 0.1) is 11.8 Å². The predicted molar refractivity (Wildman–Crippen MR) is 211 cm³/mol. The van der Waals surface area contributed by atoms with Crippen LogP contribution in [0.15, 0.2) is 73.4 Å². The van der Waals surface area contributed by atoms with Gasteiger partial charge in [-0.15, -0.1) is 0 Å². The first-order valence-electron chi connectivity index (χ1n) is 19.9. The third kappa shape index (κ3) is 19.1. The molecule has 0 saturated heterocycles. The maximum atomic E-state index is 12.9. The molecule has 60 heavy (non-hydrogen) atoms. The lowest BCUT2D eigenvalue weighted by atomic mass is 9.82. The van der Waals surface area contributed by atoms with Gasteiger partial charge in [-0.3, -0.25) is 28.8 Å². The summed E-state index contributed by atoms with van der Waals surface area (Å²) in [7, 11) is 0. The van der Waals surface area contributed by atoms with E-state index in [4.69, 9.17) is 37.9 Å². The van der Waals surface area contributed by atoms with Gasteiger partial charge in [0.25, 0.3) is 0 Å². The Morgan fingerprint density at radius 3 is 1.62 bits per heavy atom. The number of allylic oxidation sites excluding steroid dienone is 1. The lowest BCUT2D eigenvalue weighted by molar-refractivity contribution is -0.157. The van der Waals surface area contributed by atoms with E-state index in [-0.39, 0.29) is 75.9 Å². The van der Waals surface area contributed by atoms with Crippen LogP contribution in [0.3, 0.4) is 0 Å². The van der Waals surface area contributed by atoms with Crippen LogP contribution in [-0.4, -0.2) is 92.5 Å². The number of benzene rings is 1. The monoisotopic (exact) mass is 838 g/mol. The fourth-order valence-corrected chi connectivity index (χ4v) is 5.92. The number of hydrogen-bond acceptors (Lipinski definition) is 16. The largest absolute Gasteiger partial charge is 0.465 e. The zero-order valence-corrected chi connectivity index (χ0v) is 34.1. The Balaban J connectivity index is 1.24. The van der Waals surface area contributed by atoms with E-state index in [9.17, 15) is 38.4 Å². The molecule has 3 unspecified atom stereocenters. The van der Waals surface area contributed by atoms with Gasteiger partial charge in [0.1, 0.15) is 37.3 Å². The van der Waals surface area contributed by atoms with Crippen LogP contribution >= 0.6 is 0 Å². The third-order valence-electron chi connectivity index (χ3n) is 9.23. The Bertz CT molecular complexity index is 1730. The van der Waals surface area contributed by atoms with Crippen molar-refractivity contribution < 1.29 is 76.3 Å². The van der Waals surface area contributed by atoms with Crippen molar-refractivity contribution in [3.63, 3.8) is 0 Å². The lowest BCUT2D eigenvalue weighted by Crippen LogP contribution is -2.31. The molecule has 16 nitrogen and oxygen atoms in total. The first-order valence-corrected chi connectivity index (χ1v) is 19.9. The average Bonchev–Trinajstić information content (AvgIpc) is 3.24. The van der Waals surface area contributed by atoms with Crippen molar-refractivity contribution in [3.8, 4) is 5.75 Å². The Morgan fingerprint density at radius 2 is 1.13 bits per heavy atom. The van der Waals surface area contributed by atoms with Gasteiger partial charge in [-0.1, -0.05) is 37.4 Å². The van der Waals surface area contributed by atoms with Gasteiger partial charge in [0.2, 0.25) is 0 Å². The molecule has 2 aliphatic rings. The lowest BCUT2D eigenvalue weighted by Gasteiger charge is -2.27. The van der Waals surface area contributed by atoms with Crippen LogP contribution in [0.1, 0.15) is 83.6 Å². The number of hydrogen-bond donors (Lipinski definition) is 0. The van der Waals surface area contributed by atoms with Gasteiger partial charge in [0.05, 0.1) is 50.7 Å². The van der Waals surface area contributed by atoms with E-state index in [1.54, 1.807) is 44.2 Å². The number of carbonyl (C=O) groups excluding carboxylic acids is 8. The molecule has 3 atom stereocenters. The second-order valence-electron chi connectivity index (χ2n) is 14.2. The molecule has 0 heterocycles. The molecular weight excluding hydrogens is 784 g/mol. The van der Waals surface area contributed by atoms with Crippen molar-refractivity contribution in [3.05, 3.63) is 78.9 Å². The SMILES string of the molecule is C=CC(=O)OCC(C)OC(=O)CCC(=O)OCCC1=CCC(OC(=O)C2CCC(C(=O)Oc3ccc(CCOC(=O)CCC(=O)OC(C)COC(=O)C=C)cc3)CC2)C=C1. The van der Waals surface area contributed by atoms with E-state index < -0.39 is 54.1 Å². The smallest absolute Gasteiger partial charge is 0.330 e. The quantitative estimate of drug-likeness (QED) is 0.0574. The minimum absolute atomic E-state index is 0.0890. The van der Waals surface area contributed by atoms with E-state index in [0.29, 0.717) is 50.7 Å². The van der Waals surface area contributed by atoms with Gasteiger partial charge < -0.3 is 37.9 Å². The van der Waals surface area contributed by atoms with Crippen LogP contribution in [0.25, 0.3) is 0 Å². The molecule has 1 aromatic rings. The molecule has 2 aliphatic carbocycles. The third-order valence-corrected chi connectivity index (χ3v) is 9.23. The summed E-state index contributed by atoms with van der Waals surface area (Å²) in [5.41, 5.74) is 1.76. The number of ether oxygens (including phenoxy) is 8. The summed E-state index contributed by atoms with van der Waals surface area (Å²) in [5.74, 6) is -4.58. The summed E-state index contributed by atoms with van der Waals surface area (Å²) >= 11 is 0. The summed E-state index contributed by atoms with van der Waals surface area (Å²) in [6.45, 7) is 9.63. The van der Waals surface area contributed by atoms with Gasteiger partial charge in [0.15, 0.2) is 0 Å². The van der Waals surface area contributed by atoms with E-state index in [0.717, 1.165) is 23.3 Å². The van der Waals surface area contributed by atoms with Crippen LogP contribution in [0.5, 0.6) is 5.75 Å². The normalized spacial score (nSPS) is 17.9. The van der Waals surface area contributed by atoms with Crippen molar-refractivity contribution in [2.24, 2.45) is 11.8 Å². The van der Waals surface area contributed by atoms with Crippen molar-refractivity contribution >= 4 is 47.8 Å². The predicted octanol–water partition coefficient (Wildman–Crippen LogP) is 5.10. The molecule has 1 saturated carbocycles. The number of rotatable bonds is 24. The molecular formula is C44H54O16. The molecule has 0 bridgehead atoms. The van der Waals surface area contributed by atoms with Crippen molar-refractivity contribution in [1.29, 1.82) is 0 Å². The molecule has 0 N–H and O–H groups in total. The topological polar surface area (TPSA) is 210 Å². The van der Waals surface area contributed by atoms with Crippen molar-refractivity contribution in [1.82, 2.24) is 0 Å². The van der Waals surface area contributed by atoms with E-state index in [1.165, 1.54) is 0 Å². The van der Waals surface area contributed by atoms with Crippen LogP contribution in [0.2, 0.25) is 0 Å². The first kappa shape index (κ1) is 48.3. The second-order valence-corrected chi connectivity index (χ2v) is 14.2. The van der Waals surface area contributed by atoms with Gasteiger partial charge in [-0.05, 0) is 68.9 Å². The van der Waals surface area contributed by atoms with Gasteiger partial charge >= 0.3 is 47.8 Å².